The zero-order chi connectivity index (χ0) is 6.91. The standard InChI is InChI=1S/C6H14N3/c1-9(2,3)6-4-7-8-5-6/h4,6,8H,5H2,1-3H3/q+1. The van der Waals surface area contributed by atoms with E-state index in [1.54, 1.807) is 0 Å². The fourth-order valence-electron chi connectivity index (χ4n) is 0.812. The molecule has 0 spiro atoms. The minimum atomic E-state index is 0.546. The maximum atomic E-state index is 3.94. The first-order chi connectivity index (χ1) is 4.11. The first kappa shape index (κ1) is 6.55. The molecule has 0 aliphatic carbocycles. The van der Waals surface area contributed by atoms with E-state index in [2.05, 4.69) is 31.7 Å². The van der Waals surface area contributed by atoms with E-state index >= 15 is 0 Å². The molecule has 0 saturated carbocycles. The van der Waals surface area contributed by atoms with Crippen LogP contribution in [0.4, 0.5) is 0 Å². The van der Waals surface area contributed by atoms with Crippen LogP contribution in [0.5, 0.6) is 0 Å². The predicted molar refractivity (Wildman–Crippen MR) is 38.3 cm³/mol. The molecule has 9 heavy (non-hydrogen) atoms. The van der Waals surface area contributed by atoms with Crippen molar-refractivity contribution in [3.05, 3.63) is 0 Å². The molecule has 3 heteroatoms. The van der Waals surface area contributed by atoms with Crippen molar-refractivity contribution in [3.8, 4) is 0 Å². The minimum Gasteiger partial charge on any atom is -0.322 e. The summed E-state index contributed by atoms with van der Waals surface area (Å²) < 4.78 is 0.955. The van der Waals surface area contributed by atoms with E-state index in [-0.39, 0.29) is 0 Å². The summed E-state index contributed by atoms with van der Waals surface area (Å²) in [4.78, 5) is 0. The molecule has 0 aromatic rings. The summed E-state index contributed by atoms with van der Waals surface area (Å²) in [5.41, 5.74) is 2.93. The van der Waals surface area contributed by atoms with Gasteiger partial charge in [0.05, 0.1) is 33.9 Å². The molecule has 3 nitrogen and oxygen atoms in total. The fraction of sp³-hybridized carbons (Fsp3) is 0.833. The summed E-state index contributed by atoms with van der Waals surface area (Å²) in [6.07, 6.45) is 1.97. The quantitative estimate of drug-likeness (QED) is 0.480. The van der Waals surface area contributed by atoms with Crippen LogP contribution in [0, 0.1) is 0 Å². The highest BCUT2D eigenvalue weighted by atomic mass is 15.4. The van der Waals surface area contributed by atoms with Crippen molar-refractivity contribution in [1.29, 1.82) is 0 Å². The Hall–Kier alpha value is -0.570. The molecule has 1 unspecified atom stereocenters. The van der Waals surface area contributed by atoms with Gasteiger partial charge in [0.15, 0.2) is 0 Å². The van der Waals surface area contributed by atoms with Gasteiger partial charge in [-0.3, -0.25) is 0 Å². The SMILES string of the molecule is C[N+](C)(C)C1C=NNC1. The van der Waals surface area contributed by atoms with Crippen LogP contribution in [0.15, 0.2) is 5.10 Å². The third-order valence-corrected chi connectivity index (χ3v) is 1.63. The lowest BCUT2D eigenvalue weighted by Gasteiger charge is -2.28. The summed E-state index contributed by atoms with van der Waals surface area (Å²) in [6, 6.07) is 0.546. The molecule has 1 N–H and O–H groups in total. The molecule has 52 valence electrons. The number of likely N-dealkylation sites (N-methyl/N-ethyl adjacent to an activating group) is 1. The molecular formula is C6H14N3+. The molecule has 1 heterocycles. The molecule has 0 amide bonds. The van der Waals surface area contributed by atoms with E-state index < -0.39 is 0 Å². The number of hydrazone groups is 1. The summed E-state index contributed by atoms with van der Waals surface area (Å²) >= 11 is 0. The van der Waals surface area contributed by atoms with Crippen LogP contribution in [-0.4, -0.2) is 44.4 Å². The van der Waals surface area contributed by atoms with Crippen molar-refractivity contribution in [2.45, 2.75) is 6.04 Å². The number of rotatable bonds is 1. The van der Waals surface area contributed by atoms with Crippen molar-refractivity contribution >= 4 is 6.21 Å². The zero-order valence-corrected chi connectivity index (χ0v) is 6.26. The molecule has 1 rings (SSSR count). The molecule has 0 aromatic carbocycles. The van der Waals surface area contributed by atoms with Gasteiger partial charge in [-0.25, -0.2) is 0 Å². The van der Waals surface area contributed by atoms with Gasteiger partial charge < -0.3 is 9.91 Å². The number of nitrogens with zero attached hydrogens (tertiary/aromatic N) is 2. The lowest BCUT2D eigenvalue weighted by molar-refractivity contribution is -0.882. The van der Waals surface area contributed by atoms with Gasteiger partial charge in [-0.1, -0.05) is 0 Å². The van der Waals surface area contributed by atoms with E-state index in [1.807, 2.05) is 6.21 Å². The Bertz CT molecular complexity index is 123. The molecule has 1 aliphatic heterocycles. The van der Waals surface area contributed by atoms with Crippen molar-refractivity contribution in [1.82, 2.24) is 5.43 Å². The molecule has 0 aromatic heterocycles. The number of hydrogen-bond acceptors (Lipinski definition) is 2. The summed E-state index contributed by atoms with van der Waals surface area (Å²) in [5.74, 6) is 0. The Balaban J connectivity index is 2.53. The van der Waals surface area contributed by atoms with Gasteiger partial charge >= 0.3 is 0 Å². The van der Waals surface area contributed by atoms with E-state index in [0.29, 0.717) is 6.04 Å². The maximum absolute atomic E-state index is 3.94. The van der Waals surface area contributed by atoms with Crippen LogP contribution >= 0.6 is 0 Å². The van der Waals surface area contributed by atoms with E-state index in [9.17, 15) is 0 Å². The smallest absolute Gasteiger partial charge is 0.145 e. The molecule has 1 aliphatic rings. The van der Waals surface area contributed by atoms with Crippen LogP contribution in [0.25, 0.3) is 0 Å². The van der Waals surface area contributed by atoms with Gasteiger partial charge in [0, 0.05) is 0 Å². The van der Waals surface area contributed by atoms with Crippen LogP contribution < -0.4 is 5.43 Å². The Morgan fingerprint density at radius 3 is 2.44 bits per heavy atom. The van der Waals surface area contributed by atoms with Crippen molar-refractivity contribution in [2.75, 3.05) is 27.7 Å². The molecule has 0 bridgehead atoms. The minimum absolute atomic E-state index is 0.546. The number of nitrogens with one attached hydrogen (secondary N) is 1. The Labute approximate surface area is 55.9 Å². The molecule has 1 atom stereocenters. The predicted octanol–water partition coefficient (Wildman–Crippen LogP) is -0.350. The van der Waals surface area contributed by atoms with E-state index in [0.717, 1.165) is 11.0 Å². The molecule has 0 radical (unpaired) electrons. The second-order valence-electron chi connectivity index (χ2n) is 3.32. The number of hydrogen-bond donors (Lipinski definition) is 1. The zero-order valence-electron chi connectivity index (χ0n) is 6.26. The Morgan fingerprint density at radius 1 is 1.56 bits per heavy atom. The Kier molecular flexibility index (Phi) is 1.45. The van der Waals surface area contributed by atoms with E-state index in [1.165, 1.54) is 0 Å². The number of quaternary nitrogens is 1. The second-order valence-corrected chi connectivity index (χ2v) is 3.32. The van der Waals surface area contributed by atoms with Gasteiger partial charge in [-0.15, -0.1) is 0 Å². The monoisotopic (exact) mass is 128 g/mol. The average Bonchev–Trinajstić information content (AvgIpc) is 2.08. The van der Waals surface area contributed by atoms with E-state index in [4.69, 9.17) is 0 Å². The van der Waals surface area contributed by atoms with Crippen LogP contribution in [0.3, 0.4) is 0 Å². The highest BCUT2D eigenvalue weighted by molar-refractivity contribution is 5.64. The average molecular weight is 128 g/mol. The molecule has 0 saturated heterocycles. The van der Waals surface area contributed by atoms with Crippen molar-refractivity contribution in [2.24, 2.45) is 5.10 Å². The lowest BCUT2D eigenvalue weighted by atomic mass is 10.3. The third kappa shape index (κ3) is 1.42. The van der Waals surface area contributed by atoms with Gasteiger partial charge in [0.2, 0.25) is 0 Å². The largest absolute Gasteiger partial charge is 0.322 e. The fourth-order valence-corrected chi connectivity index (χ4v) is 0.812. The lowest BCUT2D eigenvalue weighted by Crippen LogP contribution is -2.47. The van der Waals surface area contributed by atoms with Gasteiger partial charge in [0.25, 0.3) is 0 Å². The topological polar surface area (TPSA) is 24.4 Å². The highest BCUT2D eigenvalue weighted by Gasteiger charge is 2.23. The molecule has 0 fully saturated rings. The summed E-state index contributed by atoms with van der Waals surface area (Å²) in [5, 5.41) is 3.94. The van der Waals surface area contributed by atoms with Crippen molar-refractivity contribution in [3.63, 3.8) is 0 Å². The second kappa shape index (κ2) is 1.99. The Morgan fingerprint density at radius 2 is 2.22 bits per heavy atom. The first-order valence-electron chi connectivity index (χ1n) is 3.18. The summed E-state index contributed by atoms with van der Waals surface area (Å²) in [6.45, 7) is 0.976. The third-order valence-electron chi connectivity index (χ3n) is 1.63. The normalized spacial score (nSPS) is 26.3. The van der Waals surface area contributed by atoms with Crippen molar-refractivity contribution < 1.29 is 4.48 Å². The van der Waals surface area contributed by atoms with Gasteiger partial charge in [0.1, 0.15) is 6.04 Å². The van der Waals surface area contributed by atoms with Gasteiger partial charge in [-0.2, -0.15) is 5.10 Å². The van der Waals surface area contributed by atoms with Crippen LogP contribution in [0.2, 0.25) is 0 Å². The highest BCUT2D eigenvalue weighted by Crippen LogP contribution is 2.01. The molecular weight excluding hydrogens is 114 g/mol. The van der Waals surface area contributed by atoms with Crippen LogP contribution in [-0.2, 0) is 0 Å². The first-order valence-corrected chi connectivity index (χ1v) is 3.18. The van der Waals surface area contributed by atoms with Gasteiger partial charge in [-0.05, 0) is 0 Å². The summed E-state index contributed by atoms with van der Waals surface area (Å²) in [7, 11) is 6.51. The van der Waals surface area contributed by atoms with Crippen LogP contribution in [0.1, 0.15) is 0 Å². The maximum Gasteiger partial charge on any atom is 0.145 e.